The van der Waals surface area contributed by atoms with Gasteiger partial charge in [0.1, 0.15) is 0 Å². The van der Waals surface area contributed by atoms with E-state index in [-0.39, 0.29) is 11.9 Å². The second-order valence-corrected chi connectivity index (χ2v) is 10.6. The topological polar surface area (TPSA) is 84.2 Å². The molecule has 192 valence electrons. The van der Waals surface area contributed by atoms with Crippen LogP contribution in [0.15, 0.2) is 66.7 Å². The summed E-state index contributed by atoms with van der Waals surface area (Å²) in [5.74, 6) is -0.503. The second-order valence-electron chi connectivity index (χ2n) is 10.6. The van der Waals surface area contributed by atoms with Crippen LogP contribution in [0.5, 0.6) is 0 Å². The number of hydrogen-bond donors (Lipinski definition) is 2. The summed E-state index contributed by atoms with van der Waals surface area (Å²) in [5, 5.41) is 18.2. The van der Waals surface area contributed by atoms with Crippen LogP contribution in [0, 0.1) is 6.92 Å². The van der Waals surface area contributed by atoms with Crippen molar-refractivity contribution in [2.75, 3.05) is 0 Å². The molecular weight excluding hydrogens is 462 g/mol. The van der Waals surface area contributed by atoms with E-state index in [1.807, 2.05) is 61.0 Å². The van der Waals surface area contributed by atoms with Crippen molar-refractivity contribution in [1.29, 1.82) is 0 Å². The summed E-state index contributed by atoms with van der Waals surface area (Å²) < 4.78 is 1.92. The fraction of sp³-hybridized carbons (Fsp3) is 0.323. The number of carboxylic acids is 1. The molecule has 2 N–H and O–H groups in total. The molecule has 0 spiro atoms. The lowest BCUT2D eigenvalue weighted by Gasteiger charge is -2.19. The fourth-order valence-corrected chi connectivity index (χ4v) is 4.46. The number of aryl methyl sites for hydroxylation is 1. The van der Waals surface area contributed by atoms with Crippen LogP contribution >= 0.6 is 0 Å². The Hall–Kier alpha value is -3.93. The third-order valence-electron chi connectivity index (χ3n) is 7.19. The first-order chi connectivity index (χ1) is 17.5. The third kappa shape index (κ3) is 5.43. The highest BCUT2D eigenvalue weighted by Crippen LogP contribution is 2.26. The van der Waals surface area contributed by atoms with Gasteiger partial charge in [-0.05, 0) is 74.1 Å². The highest BCUT2D eigenvalue weighted by molar-refractivity contribution is 5.98. The Kier molecular flexibility index (Phi) is 7.21. The van der Waals surface area contributed by atoms with Crippen LogP contribution in [-0.4, -0.2) is 26.8 Å². The first-order valence-corrected chi connectivity index (χ1v) is 12.7. The molecule has 4 rings (SSSR count). The molecule has 4 aromatic rings. The van der Waals surface area contributed by atoms with Gasteiger partial charge in [0.05, 0.1) is 29.2 Å². The maximum Gasteiger partial charge on any atom is 0.313 e. The molecule has 1 heterocycles. The number of carbonyl (C=O) groups is 2. The lowest BCUT2D eigenvalue weighted by Crippen LogP contribution is -2.28. The number of aliphatic carboxylic acids is 1. The smallest absolute Gasteiger partial charge is 0.313 e. The van der Waals surface area contributed by atoms with E-state index in [4.69, 9.17) is 5.10 Å². The molecule has 0 aliphatic rings. The van der Waals surface area contributed by atoms with Crippen LogP contribution in [0.2, 0.25) is 0 Å². The predicted octanol–water partition coefficient (Wildman–Crippen LogP) is 6.37. The van der Waals surface area contributed by atoms with Crippen LogP contribution in [-0.2, 0) is 16.8 Å². The van der Waals surface area contributed by atoms with Gasteiger partial charge in [-0.1, -0.05) is 62.4 Å². The molecule has 0 saturated carbocycles. The maximum absolute atomic E-state index is 13.0. The summed E-state index contributed by atoms with van der Waals surface area (Å²) in [7, 11) is 0. The number of carboxylic acid groups (broad SMARTS) is 1. The summed E-state index contributed by atoms with van der Waals surface area (Å²) in [6.07, 6.45) is 0. The molecule has 37 heavy (non-hydrogen) atoms. The zero-order valence-electron chi connectivity index (χ0n) is 22.4. The molecule has 1 atom stereocenters. The molecule has 6 nitrogen and oxygen atoms in total. The van der Waals surface area contributed by atoms with Crippen LogP contribution in [0.1, 0.15) is 84.9 Å². The lowest BCUT2D eigenvalue weighted by atomic mass is 9.84. The molecule has 0 bridgehead atoms. The number of benzene rings is 3. The Morgan fingerprint density at radius 2 is 1.57 bits per heavy atom. The molecule has 1 aromatic heterocycles. The zero-order chi connectivity index (χ0) is 26.9. The first-order valence-electron chi connectivity index (χ1n) is 12.7. The fourth-order valence-electron chi connectivity index (χ4n) is 4.46. The van der Waals surface area contributed by atoms with Gasteiger partial charge < -0.3 is 10.4 Å². The standard InChI is InChI=1S/C31H35N3O3/c1-19(2)23-9-11-24(12-10-23)20(3)32-29(35)25-13-16-28-27(17-25)21(4)33-34(28)18-22-7-14-26(15-8-22)31(5,6)30(36)37/h7-17,19-20H,18H2,1-6H3,(H,32,35)(H,36,37)/t20-/m0/s1. The molecule has 0 saturated heterocycles. The minimum Gasteiger partial charge on any atom is -0.481 e. The Balaban J connectivity index is 1.50. The van der Waals surface area contributed by atoms with E-state index < -0.39 is 11.4 Å². The van der Waals surface area contributed by atoms with E-state index in [1.165, 1.54) is 5.56 Å². The average molecular weight is 498 g/mol. The number of amides is 1. The van der Waals surface area contributed by atoms with Crippen molar-refractivity contribution >= 4 is 22.8 Å². The van der Waals surface area contributed by atoms with Gasteiger partial charge in [0.2, 0.25) is 0 Å². The number of rotatable bonds is 8. The van der Waals surface area contributed by atoms with Gasteiger partial charge in [-0.3, -0.25) is 14.3 Å². The summed E-state index contributed by atoms with van der Waals surface area (Å²) in [6.45, 7) is 12.2. The number of nitrogens with zero attached hydrogens (tertiary/aromatic N) is 2. The molecule has 6 heteroatoms. The number of aromatic nitrogens is 2. The third-order valence-corrected chi connectivity index (χ3v) is 7.19. The number of hydrogen-bond acceptors (Lipinski definition) is 3. The number of nitrogens with one attached hydrogen (secondary N) is 1. The molecule has 0 aliphatic heterocycles. The summed E-state index contributed by atoms with van der Waals surface area (Å²) in [4.78, 5) is 24.6. The molecule has 3 aromatic carbocycles. The Morgan fingerprint density at radius 3 is 2.16 bits per heavy atom. The summed E-state index contributed by atoms with van der Waals surface area (Å²) in [5.41, 5.74) is 5.58. The molecule has 0 unspecified atom stereocenters. The molecular formula is C31H35N3O3. The van der Waals surface area contributed by atoms with Crippen LogP contribution in [0.4, 0.5) is 0 Å². The Morgan fingerprint density at radius 1 is 0.946 bits per heavy atom. The van der Waals surface area contributed by atoms with E-state index in [0.717, 1.165) is 33.3 Å². The highest BCUT2D eigenvalue weighted by Gasteiger charge is 2.29. The molecule has 1 amide bonds. The van der Waals surface area contributed by atoms with Gasteiger partial charge in [-0.2, -0.15) is 5.10 Å². The predicted molar refractivity (Wildman–Crippen MR) is 147 cm³/mol. The van der Waals surface area contributed by atoms with E-state index in [1.54, 1.807) is 13.8 Å². The van der Waals surface area contributed by atoms with E-state index in [2.05, 4.69) is 43.4 Å². The quantitative estimate of drug-likeness (QED) is 0.296. The maximum atomic E-state index is 13.0. The minimum absolute atomic E-state index is 0.109. The van der Waals surface area contributed by atoms with Crippen molar-refractivity contribution in [3.8, 4) is 0 Å². The summed E-state index contributed by atoms with van der Waals surface area (Å²) >= 11 is 0. The monoisotopic (exact) mass is 497 g/mol. The van der Waals surface area contributed by atoms with Crippen molar-refractivity contribution in [3.63, 3.8) is 0 Å². The van der Waals surface area contributed by atoms with Crippen LogP contribution in [0.3, 0.4) is 0 Å². The van der Waals surface area contributed by atoms with Gasteiger partial charge >= 0.3 is 5.97 Å². The SMILES string of the molecule is Cc1nn(Cc2ccc(C(C)(C)C(=O)O)cc2)c2ccc(C(=O)N[C@@H](C)c3ccc(C(C)C)cc3)cc12. The van der Waals surface area contributed by atoms with Gasteiger partial charge in [0, 0.05) is 10.9 Å². The van der Waals surface area contributed by atoms with Crippen molar-refractivity contribution in [2.45, 2.75) is 65.5 Å². The largest absolute Gasteiger partial charge is 0.481 e. The molecule has 0 radical (unpaired) electrons. The van der Waals surface area contributed by atoms with E-state index in [9.17, 15) is 14.7 Å². The summed E-state index contributed by atoms with van der Waals surface area (Å²) in [6, 6.07) is 21.6. The Bertz CT molecular complexity index is 1430. The molecule has 0 fully saturated rings. The van der Waals surface area contributed by atoms with Gasteiger partial charge in [0.25, 0.3) is 5.91 Å². The highest BCUT2D eigenvalue weighted by atomic mass is 16.4. The van der Waals surface area contributed by atoms with Crippen molar-refractivity contribution in [3.05, 3.63) is 100 Å². The van der Waals surface area contributed by atoms with Gasteiger partial charge in [-0.15, -0.1) is 0 Å². The minimum atomic E-state index is -0.945. The van der Waals surface area contributed by atoms with Crippen LogP contribution < -0.4 is 5.32 Å². The van der Waals surface area contributed by atoms with Crippen molar-refractivity contribution in [1.82, 2.24) is 15.1 Å². The average Bonchev–Trinajstić information content (AvgIpc) is 3.18. The normalized spacial score (nSPS) is 12.6. The van der Waals surface area contributed by atoms with Gasteiger partial charge in [-0.25, -0.2) is 0 Å². The first kappa shape index (κ1) is 26.1. The number of carbonyl (C=O) groups excluding carboxylic acids is 1. The Labute approximate surface area is 218 Å². The zero-order valence-corrected chi connectivity index (χ0v) is 22.4. The van der Waals surface area contributed by atoms with Crippen LogP contribution in [0.25, 0.3) is 10.9 Å². The van der Waals surface area contributed by atoms with Gasteiger partial charge in [0.15, 0.2) is 0 Å². The molecule has 0 aliphatic carbocycles. The van der Waals surface area contributed by atoms with Crippen molar-refractivity contribution in [2.24, 2.45) is 0 Å². The number of fused-ring (bicyclic) bond motifs is 1. The van der Waals surface area contributed by atoms with Crippen molar-refractivity contribution < 1.29 is 14.7 Å². The second kappa shape index (κ2) is 10.2. The lowest BCUT2D eigenvalue weighted by molar-refractivity contribution is -0.142. The van der Waals surface area contributed by atoms with E-state index >= 15 is 0 Å². The van der Waals surface area contributed by atoms with E-state index in [0.29, 0.717) is 18.0 Å².